The smallest absolute Gasteiger partial charge is 0.411 e. The number of methoxy groups -OCH3 is 1. The van der Waals surface area contributed by atoms with E-state index in [1.165, 1.54) is 7.11 Å². The molecule has 0 saturated carbocycles. The summed E-state index contributed by atoms with van der Waals surface area (Å²) < 4.78 is 4.71. The van der Waals surface area contributed by atoms with E-state index in [-0.39, 0.29) is 24.9 Å². The van der Waals surface area contributed by atoms with Gasteiger partial charge in [-0.05, 0) is 55.3 Å². The topological polar surface area (TPSA) is 73.9 Å². The van der Waals surface area contributed by atoms with E-state index >= 15 is 0 Å². The van der Waals surface area contributed by atoms with E-state index in [4.69, 9.17) is 4.74 Å². The van der Waals surface area contributed by atoms with Crippen LogP contribution in [-0.4, -0.2) is 56.7 Å². The zero-order chi connectivity index (χ0) is 22.2. The van der Waals surface area contributed by atoms with Crippen molar-refractivity contribution >= 4 is 29.1 Å². The molecule has 174 valence electrons. The molecular weight excluding hydrogens is 428 g/mol. The lowest BCUT2D eigenvalue weighted by Crippen LogP contribution is -3.00. The zero-order valence-corrected chi connectivity index (χ0v) is 19.7. The predicted molar refractivity (Wildman–Crippen MR) is 124 cm³/mol. The van der Waals surface area contributed by atoms with Crippen LogP contribution in [0.4, 0.5) is 21.9 Å². The Morgan fingerprint density at radius 1 is 1.03 bits per heavy atom. The minimum absolute atomic E-state index is 0. The second kappa shape index (κ2) is 12.4. The Bertz CT molecular complexity index is 918. The quantitative estimate of drug-likeness (QED) is 0.564. The molecule has 0 aliphatic carbocycles. The third-order valence-electron chi connectivity index (χ3n) is 5.68. The Morgan fingerprint density at radius 2 is 1.72 bits per heavy atom. The highest BCUT2D eigenvalue weighted by Crippen LogP contribution is 2.37. The van der Waals surface area contributed by atoms with Crippen LogP contribution in [0.1, 0.15) is 25.0 Å². The molecule has 3 rings (SSSR count). The van der Waals surface area contributed by atoms with Gasteiger partial charge in [0.1, 0.15) is 0 Å². The number of para-hydroxylation sites is 1. The van der Waals surface area contributed by atoms with Crippen molar-refractivity contribution in [2.24, 2.45) is 0 Å². The Morgan fingerprint density at radius 3 is 2.41 bits per heavy atom. The number of carbonyl (C=O) groups is 2. The fraction of sp³-hybridized carbons (Fsp3) is 0.417. The standard InChI is InChI=1S/C24H32N4O3.ClH/c1-4-27(5-2)15-14-25-17-23(29)28-21-9-7-6-8-18(21)10-11-19-12-13-20(16-22(19)28)26-24(30)31-3;/h6-9,12-13,16,25H,4-5,10-11,14-15,17H2,1-3H3,(H,26,30);1H/p-1. The van der Waals surface area contributed by atoms with Gasteiger partial charge in [0.2, 0.25) is 5.91 Å². The summed E-state index contributed by atoms with van der Waals surface area (Å²) in [6, 6.07) is 13.7. The van der Waals surface area contributed by atoms with E-state index in [2.05, 4.69) is 35.4 Å². The molecule has 1 aliphatic rings. The van der Waals surface area contributed by atoms with E-state index in [1.807, 2.05) is 36.4 Å². The van der Waals surface area contributed by atoms with Crippen molar-refractivity contribution in [1.29, 1.82) is 0 Å². The van der Waals surface area contributed by atoms with Crippen molar-refractivity contribution in [1.82, 2.24) is 10.2 Å². The second-order valence-electron chi connectivity index (χ2n) is 7.52. The summed E-state index contributed by atoms with van der Waals surface area (Å²) in [4.78, 5) is 29.2. The first-order chi connectivity index (χ1) is 15.1. The number of rotatable bonds is 8. The molecule has 0 bridgehead atoms. The lowest BCUT2D eigenvalue weighted by atomic mass is 10.0. The molecule has 1 aliphatic heterocycles. The van der Waals surface area contributed by atoms with Gasteiger partial charge >= 0.3 is 6.09 Å². The Hall–Kier alpha value is -2.61. The minimum Gasteiger partial charge on any atom is -1.00 e. The number of hydrogen-bond donors (Lipinski definition) is 2. The van der Waals surface area contributed by atoms with Crippen LogP contribution in [0.5, 0.6) is 0 Å². The van der Waals surface area contributed by atoms with Gasteiger partial charge in [-0.3, -0.25) is 15.0 Å². The molecule has 7 nitrogen and oxygen atoms in total. The Labute approximate surface area is 196 Å². The first kappa shape index (κ1) is 25.6. The van der Waals surface area contributed by atoms with E-state index in [9.17, 15) is 9.59 Å². The average Bonchev–Trinajstić information content (AvgIpc) is 2.95. The van der Waals surface area contributed by atoms with Gasteiger partial charge in [0, 0.05) is 18.8 Å². The number of halogens is 1. The summed E-state index contributed by atoms with van der Waals surface area (Å²) in [6.07, 6.45) is 1.14. The highest BCUT2D eigenvalue weighted by molar-refractivity contribution is 6.04. The van der Waals surface area contributed by atoms with E-state index in [0.29, 0.717) is 5.69 Å². The van der Waals surface area contributed by atoms with Crippen molar-refractivity contribution in [2.45, 2.75) is 26.7 Å². The first-order valence-electron chi connectivity index (χ1n) is 10.9. The molecule has 0 atom stereocenters. The second-order valence-corrected chi connectivity index (χ2v) is 7.52. The summed E-state index contributed by atoms with van der Waals surface area (Å²) >= 11 is 0. The monoisotopic (exact) mass is 459 g/mol. The fourth-order valence-electron chi connectivity index (χ4n) is 3.89. The van der Waals surface area contributed by atoms with E-state index in [1.54, 1.807) is 4.90 Å². The number of nitrogens with zero attached hydrogens (tertiary/aromatic N) is 2. The number of anilines is 3. The largest absolute Gasteiger partial charge is 1.00 e. The third-order valence-corrected chi connectivity index (χ3v) is 5.68. The molecule has 0 aromatic heterocycles. The molecule has 32 heavy (non-hydrogen) atoms. The van der Waals surface area contributed by atoms with Crippen LogP contribution in [0.25, 0.3) is 0 Å². The molecule has 0 spiro atoms. The minimum atomic E-state index is -0.537. The SMILES string of the molecule is CCN(CC)CCNCC(=O)N1c2ccccc2CCc2ccc(NC(=O)OC)cc21.[Cl-]. The molecule has 0 fully saturated rings. The van der Waals surface area contributed by atoms with Crippen molar-refractivity contribution in [3.05, 3.63) is 53.6 Å². The lowest BCUT2D eigenvalue weighted by molar-refractivity contribution is -0.117. The fourth-order valence-corrected chi connectivity index (χ4v) is 3.89. The van der Waals surface area contributed by atoms with Crippen LogP contribution in [0.2, 0.25) is 0 Å². The van der Waals surface area contributed by atoms with Crippen LogP contribution in [0.15, 0.2) is 42.5 Å². The maximum atomic E-state index is 13.4. The normalized spacial score (nSPS) is 12.3. The van der Waals surface area contributed by atoms with Crippen LogP contribution in [0, 0.1) is 0 Å². The van der Waals surface area contributed by atoms with Crippen molar-refractivity contribution < 1.29 is 26.7 Å². The van der Waals surface area contributed by atoms with Gasteiger partial charge in [-0.1, -0.05) is 38.1 Å². The molecular formula is C24H32ClN4O3-. The van der Waals surface area contributed by atoms with Crippen molar-refractivity contribution in [3.63, 3.8) is 0 Å². The molecule has 0 unspecified atom stereocenters. The van der Waals surface area contributed by atoms with E-state index < -0.39 is 6.09 Å². The number of amides is 2. The van der Waals surface area contributed by atoms with Crippen LogP contribution >= 0.6 is 0 Å². The third kappa shape index (κ3) is 6.22. The van der Waals surface area contributed by atoms with Gasteiger partial charge in [0.05, 0.1) is 25.0 Å². The number of nitrogens with one attached hydrogen (secondary N) is 2. The number of ether oxygens (including phenoxy) is 1. The van der Waals surface area contributed by atoms with Crippen molar-refractivity contribution in [2.75, 3.05) is 50.1 Å². The first-order valence-corrected chi connectivity index (χ1v) is 10.9. The molecule has 2 N–H and O–H groups in total. The number of benzene rings is 2. The number of likely N-dealkylation sites (N-methyl/N-ethyl adjacent to an activating group) is 1. The molecule has 8 heteroatoms. The van der Waals surface area contributed by atoms with Crippen LogP contribution in [-0.2, 0) is 22.4 Å². The van der Waals surface area contributed by atoms with Crippen molar-refractivity contribution in [3.8, 4) is 0 Å². The number of fused-ring (bicyclic) bond motifs is 2. The highest BCUT2D eigenvalue weighted by atomic mass is 35.5. The van der Waals surface area contributed by atoms with Crippen LogP contribution in [0.3, 0.4) is 0 Å². The summed E-state index contributed by atoms with van der Waals surface area (Å²) in [6.45, 7) is 8.16. The number of aryl methyl sites for hydroxylation is 2. The number of carbonyl (C=O) groups excluding carboxylic acids is 2. The zero-order valence-electron chi connectivity index (χ0n) is 19.0. The number of hydrogen-bond acceptors (Lipinski definition) is 5. The lowest BCUT2D eigenvalue weighted by Gasteiger charge is -2.26. The maximum Gasteiger partial charge on any atom is 0.411 e. The van der Waals surface area contributed by atoms with Gasteiger partial charge in [0.15, 0.2) is 0 Å². The molecule has 2 aromatic carbocycles. The van der Waals surface area contributed by atoms with Gasteiger partial charge in [-0.2, -0.15) is 0 Å². The predicted octanol–water partition coefficient (Wildman–Crippen LogP) is 0.564. The van der Waals surface area contributed by atoms with Crippen LogP contribution < -0.4 is 27.9 Å². The molecule has 1 heterocycles. The molecule has 0 radical (unpaired) electrons. The van der Waals surface area contributed by atoms with Gasteiger partial charge in [-0.15, -0.1) is 0 Å². The van der Waals surface area contributed by atoms with Gasteiger partial charge < -0.3 is 27.4 Å². The van der Waals surface area contributed by atoms with Gasteiger partial charge in [-0.25, -0.2) is 4.79 Å². The summed E-state index contributed by atoms with van der Waals surface area (Å²) in [5.41, 5.74) is 4.50. The summed E-state index contributed by atoms with van der Waals surface area (Å²) in [5.74, 6) is -0.0228. The summed E-state index contributed by atoms with van der Waals surface area (Å²) in [5, 5.41) is 6.00. The van der Waals surface area contributed by atoms with E-state index in [0.717, 1.165) is 61.5 Å². The Balaban J connectivity index is 0.00000363. The molecule has 2 amide bonds. The van der Waals surface area contributed by atoms with Gasteiger partial charge in [0.25, 0.3) is 0 Å². The highest BCUT2D eigenvalue weighted by Gasteiger charge is 2.26. The molecule has 2 aromatic rings. The summed E-state index contributed by atoms with van der Waals surface area (Å²) in [7, 11) is 1.33. The maximum absolute atomic E-state index is 13.4. The average molecular weight is 460 g/mol. The molecule has 0 saturated heterocycles. The Kier molecular flexibility index (Phi) is 9.97.